The molecule has 0 atom stereocenters. The summed E-state index contributed by atoms with van der Waals surface area (Å²) < 4.78 is 87.6. The molecule has 0 heterocycles. The molecule has 0 aliphatic rings. The second kappa shape index (κ2) is 43.9. The Labute approximate surface area is 105 Å². The fraction of sp³-hybridized carbons (Fsp3) is 0. The van der Waals surface area contributed by atoms with Crippen LogP contribution in [0, 0.1) is 0 Å². The van der Waals surface area contributed by atoms with Crippen molar-refractivity contribution in [3.05, 3.63) is 0 Å². The van der Waals surface area contributed by atoms with Crippen LogP contribution in [0.4, 0.5) is 37.8 Å². The van der Waals surface area contributed by atoms with E-state index < -0.39 is 26.6 Å². The minimum atomic E-state index is -4.12. The summed E-state index contributed by atoms with van der Waals surface area (Å²) >= 11 is 0. The number of hydrogen-bond donors (Lipinski definition) is 0. The van der Waals surface area contributed by atoms with E-state index in [4.69, 9.17) is 9.59 Å². The Morgan fingerprint density at radius 1 is 0.471 bits per heavy atom. The van der Waals surface area contributed by atoms with Crippen molar-refractivity contribution in [2.45, 2.75) is 0 Å². The van der Waals surface area contributed by atoms with Crippen LogP contribution >= 0.6 is 26.6 Å². The van der Waals surface area contributed by atoms with Crippen molar-refractivity contribution in [1.29, 1.82) is 0 Å². The molecule has 110 valence electrons. The van der Waals surface area contributed by atoms with E-state index in [1.165, 1.54) is 0 Å². The molecule has 0 aliphatic heterocycles. The van der Waals surface area contributed by atoms with Gasteiger partial charge in [0.25, 0.3) is 0 Å². The van der Waals surface area contributed by atoms with Crippen molar-refractivity contribution in [3.8, 4) is 0 Å². The predicted octanol–water partition coefficient (Wildman–Crippen LogP) is 5.99. The maximum absolute atomic E-state index is 9.73. The molecule has 0 aromatic carbocycles. The van der Waals surface area contributed by atoms with E-state index in [9.17, 15) is 37.8 Å². The molecule has 0 radical (unpaired) electrons. The van der Waals surface area contributed by atoms with Crippen LogP contribution in [0.1, 0.15) is 0 Å². The molecule has 0 bridgehead atoms. The van der Waals surface area contributed by atoms with Gasteiger partial charge < -0.3 is 9.59 Å². The summed E-state index contributed by atoms with van der Waals surface area (Å²) in [5, 5.41) is 0. The molecule has 0 saturated heterocycles. The van der Waals surface area contributed by atoms with Crippen LogP contribution in [0.5, 0.6) is 0 Å². The molecule has 0 unspecified atom stereocenters. The predicted molar refractivity (Wildman–Crippen MR) is 45.0 cm³/mol. The van der Waals surface area contributed by atoms with Gasteiger partial charge in [0, 0.05) is 17.1 Å². The van der Waals surface area contributed by atoms with Crippen LogP contribution < -0.4 is 0 Å². The Kier molecular flexibility index (Phi) is 93.1. The monoisotopic (exact) mass is 380 g/mol. The molecule has 0 spiro atoms. The van der Waals surface area contributed by atoms with Gasteiger partial charge in [-0.3, -0.25) is 0 Å². The minimum absolute atomic E-state index is 0. The first-order valence-electron chi connectivity index (χ1n) is 2.10. The van der Waals surface area contributed by atoms with Crippen LogP contribution in [-0.4, -0.2) is 13.6 Å². The number of halogens is 9. The van der Waals surface area contributed by atoms with E-state index in [1.54, 1.807) is 0 Å². The van der Waals surface area contributed by atoms with Crippen LogP contribution in [0.15, 0.2) is 0 Å². The Bertz CT molecular complexity index is 77.8. The molecule has 0 rings (SSSR count). The molecular formula is C2H4F9FeO2P3. The van der Waals surface area contributed by atoms with Crippen LogP contribution in [-0.2, 0) is 26.7 Å². The zero-order valence-electron chi connectivity index (χ0n) is 7.33. The van der Waals surface area contributed by atoms with Crippen LogP contribution in [0.3, 0.4) is 0 Å². The quantitative estimate of drug-likeness (QED) is 0.294. The van der Waals surface area contributed by atoms with E-state index in [1.807, 2.05) is 13.6 Å². The minimum Gasteiger partial charge on any atom is -0.307 e. The maximum atomic E-state index is 9.73. The first kappa shape index (κ1) is 36.0. The second-order valence-corrected chi connectivity index (χ2v) is 1.72. The van der Waals surface area contributed by atoms with Crippen molar-refractivity contribution in [1.82, 2.24) is 0 Å². The molecule has 0 aliphatic carbocycles. The zero-order chi connectivity index (χ0) is 14.7. The molecule has 0 aromatic rings. The SMILES string of the molecule is C=O.C=O.FP(F)F.FP(F)F.FP(F)F.[Fe]. The van der Waals surface area contributed by atoms with Crippen molar-refractivity contribution in [2.75, 3.05) is 0 Å². The van der Waals surface area contributed by atoms with Gasteiger partial charge in [0.05, 0.1) is 0 Å². The Morgan fingerprint density at radius 3 is 0.471 bits per heavy atom. The van der Waals surface area contributed by atoms with Crippen molar-refractivity contribution in [2.24, 2.45) is 0 Å². The molecule has 0 aromatic heterocycles. The van der Waals surface area contributed by atoms with Gasteiger partial charge in [0.15, 0.2) is 0 Å². The van der Waals surface area contributed by atoms with Crippen molar-refractivity contribution >= 4 is 40.1 Å². The fourth-order valence-corrected chi connectivity index (χ4v) is 0. The van der Waals surface area contributed by atoms with Gasteiger partial charge in [-0.1, -0.05) is 0 Å². The molecule has 0 N–H and O–H groups in total. The average Bonchev–Trinajstić information content (AvgIpc) is 2.07. The molecule has 15 heteroatoms. The topological polar surface area (TPSA) is 34.1 Å². The smallest absolute Gasteiger partial charge is 0.307 e. The third kappa shape index (κ3) is 12900. The van der Waals surface area contributed by atoms with E-state index in [2.05, 4.69) is 0 Å². The summed E-state index contributed by atoms with van der Waals surface area (Å²) in [5.74, 6) is 0. The van der Waals surface area contributed by atoms with Crippen molar-refractivity contribution in [3.63, 3.8) is 0 Å². The first-order valence-corrected chi connectivity index (χ1v) is 5.14. The number of carbonyl (C=O) groups is 2. The third-order valence-corrected chi connectivity index (χ3v) is 0. The third-order valence-electron chi connectivity index (χ3n) is 0. The Morgan fingerprint density at radius 2 is 0.471 bits per heavy atom. The van der Waals surface area contributed by atoms with E-state index in [-0.39, 0.29) is 17.1 Å². The van der Waals surface area contributed by atoms with Gasteiger partial charge in [-0.25, -0.2) is 0 Å². The largest absolute Gasteiger partial charge is 0.456 e. The molecule has 0 fully saturated rings. The standard InChI is InChI=1S/2CH2O.3F3P.Fe/c2*1-2;3*1-4(2)3;/h2*1H2;;;;. The van der Waals surface area contributed by atoms with E-state index in [0.29, 0.717) is 0 Å². The average molecular weight is 380 g/mol. The summed E-state index contributed by atoms with van der Waals surface area (Å²) in [4.78, 5) is 16.0. The van der Waals surface area contributed by atoms with Crippen molar-refractivity contribution < 1.29 is 64.4 Å². The number of carbonyl (C=O) groups excluding carboxylic acids is 2. The zero-order valence-corrected chi connectivity index (χ0v) is 11.1. The summed E-state index contributed by atoms with van der Waals surface area (Å²) in [7, 11) is -12.4. The second-order valence-electron chi connectivity index (χ2n) is 0.575. The van der Waals surface area contributed by atoms with Gasteiger partial charge in [0.1, 0.15) is 13.6 Å². The molecule has 17 heavy (non-hydrogen) atoms. The summed E-state index contributed by atoms with van der Waals surface area (Å²) in [6.45, 7) is 4.00. The number of rotatable bonds is 0. The van der Waals surface area contributed by atoms with E-state index in [0.717, 1.165) is 0 Å². The normalized spacial score (nSPS) is 6.82. The van der Waals surface area contributed by atoms with Gasteiger partial charge in [-0.15, -0.1) is 0 Å². The fourth-order valence-electron chi connectivity index (χ4n) is 0. The van der Waals surface area contributed by atoms with E-state index >= 15 is 0 Å². The number of hydrogen-bond acceptors (Lipinski definition) is 2. The Balaban J connectivity index is -0.0000000227. The molecule has 0 saturated carbocycles. The van der Waals surface area contributed by atoms with Gasteiger partial charge in [-0.2, -0.15) is 37.8 Å². The van der Waals surface area contributed by atoms with Gasteiger partial charge in [-0.05, 0) is 0 Å². The van der Waals surface area contributed by atoms with Crippen LogP contribution in [0.25, 0.3) is 0 Å². The first-order chi connectivity index (χ1) is 7.20. The maximum Gasteiger partial charge on any atom is 0.456 e. The van der Waals surface area contributed by atoms with Gasteiger partial charge >= 0.3 is 26.6 Å². The summed E-state index contributed by atoms with van der Waals surface area (Å²) in [6.07, 6.45) is 0. The van der Waals surface area contributed by atoms with Gasteiger partial charge in [0.2, 0.25) is 0 Å². The summed E-state index contributed by atoms with van der Waals surface area (Å²) in [6, 6.07) is 0. The molecule has 2 nitrogen and oxygen atoms in total. The molecule has 0 amide bonds. The summed E-state index contributed by atoms with van der Waals surface area (Å²) in [5.41, 5.74) is 0. The Hall–Kier alpha value is 0.519. The van der Waals surface area contributed by atoms with Crippen LogP contribution in [0.2, 0.25) is 0 Å². The molecular weight excluding hydrogens is 376 g/mol.